The average molecular weight is 254 g/mol. The number of aliphatic hydroxyl groups excluding tert-OH is 1. The van der Waals surface area contributed by atoms with Crippen LogP contribution in [0.2, 0.25) is 0 Å². The predicted molar refractivity (Wildman–Crippen MR) is 72.1 cm³/mol. The molecule has 1 heterocycles. The molecule has 1 aromatic heterocycles. The largest absolute Gasteiger partial charge is 0.389 e. The maximum atomic E-state index is 9.70. The number of rotatable bonds is 7. The third kappa shape index (κ3) is 4.46. The first kappa shape index (κ1) is 14.7. The lowest BCUT2D eigenvalue weighted by Gasteiger charge is -2.22. The highest BCUT2D eigenvalue weighted by Gasteiger charge is 2.11. The van der Waals surface area contributed by atoms with Crippen LogP contribution in [-0.4, -0.2) is 55.0 Å². The number of likely N-dealkylation sites (N-methyl/N-ethyl adjacent to an activating group) is 1. The van der Waals surface area contributed by atoms with Gasteiger partial charge in [0.25, 0.3) is 0 Å². The van der Waals surface area contributed by atoms with Gasteiger partial charge in [0.05, 0.1) is 12.7 Å². The molecule has 1 unspecified atom stereocenters. The molecule has 0 aliphatic carbocycles. The lowest BCUT2D eigenvalue weighted by Crippen LogP contribution is -2.32. The van der Waals surface area contributed by atoms with Crippen LogP contribution in [0.15, 0.2) is 6.07 Å². The van der Waals surface area contributed by atoms with Gasteiger partial charge in [0.15, 0.2) is 0 Å². The molecular formula is C12H22N4O2. The van der Waals surface area contributed by atoms with E-state index in [1.54, 1.807) is 7.11 Å². The third-order valence-corrected chi connectivity index (χ3v) is 2.42. The molecule has 102 valence electrons. The SMILES string of the molecule is CCNc1cc(N(C)CC(O)COC)nc(C)n1. The molecule has 0 aliphatic heterocycles. The molecule has 18 heavy (non-hydrogen) atoms. The van der Waals surface area contributed by atoms with Crippen LogP contribution >= 0.6 is 0 Å². The van der Waals surface area contributed by atoms with Crippen molar-refractivity contribution >= 4 is 11.6 Å². The van der Waals surface area contributed by atoms with E-state index in [4.69, 9.17) is 4.74 Å². The Hall–Kier alpha value is -1.40. The summed E-state index contributed by atoms with van der Waals surface area (Å²) in [5.74, 6) is 2.29. The number of aromatic nitrogens is 2. The number of aliphatic hydroxyl groups is 1. The van der Waals surface area contributed by atoms with Crippen LogP contribution in [0.1, 0.15) is 12.7 Å². The molecule has 2 N–H and O–H groups in total. The summed E-state index contributed by atoms with van der Waals surface area (Å²) in [5, 5.41) is 12.9. The van der Waals surface area contributed by atoms with Crippen LogP contribution in [0.4, 0.5) is 11.6 Å². The van der Waals surface area contributed by atoms with Crippen LogP contribution in [-0.2, 0) is 4.74 Å². The standard InChI is InChI=1S/C12H22N4O2/c1-5-13-11-6-12(15-9(2)14-11)16(3)7-10(17)8-18-4/h6,10,17H,5,7-8H2,1-4H3,(H,13,14,15). The molecule has 1 aromatic rings. The number of nitrogens with zero attached hydrogens (tertiary/aromatic N) is 3. The number of nitrogens with one attached hydrogen (secondary N) is 1. The summed E-state index contributed by atoms with van der Waals surface area (Å²) in [6.07, 6.45) is -0.530. The van der Waals surface area contributed by atoms with Crippen molar-refractivity contribution in [3.63, 3.8) is 0 Å². The second-order valence-electron chi connectivity index (χ2n) is 4.18. The zero-order chi connectivity index (χ0) is 13.5. The summed E-state index contributed by atoms with van der Waals surface area (Å²) in [5.41, 5.74) is 0. The summed E-state index contributed by atoms with van der Waals surface area (Å²) in [6.45, 7) is 5.46. The Labute approximate surface area is 108 Å². The second kappa shape index (κ2) is 7.13. The van der Waals surface area contributed by atoms with Gasteiger partial charge in [-0.1, -0.05) is 0 Å². The van der Waals surface area contributed by atoms with E-state index in [0.717, 1.165) is 18.2 Å². The fourth-order valence-corrected chi connectivity index (χ4v) is 1.67. The Morgan fingerprint density at radius 3 is 2.83 bits per heavy atom. The van der Waals surface area contributed by atoms with E-state index in [1.165, 1.54) is 0 Å². The maximum absolute atomic E-state index is 9.70. The Kier molecular flexibility index (Phi) is 5.80. The normalized spacial score (nSPS) is 12.3. The van der Waals surface area contributed by atoms with Crippen molar-refractivity contribution in [2.75, 3.05) is 44.1 Å². The van der Waals surface area contributed by atoms with Crippen molar-refractivity contribution in [1.82, 2.24) is 9.97 Å². The van der Waals surface area contributed by atoms with E-state index in [1.807, 2.05) is 31.9 Å². The predicted octanol–water partition coefficient (Wildman–Crippen LogP) is 0.660. The van der Waals surface area contributed by atoms with Gasteiger partial charge in [0.1, 0.15) is 17.5 Å². The molecule has 0 spiro atoms. The fourth-order valence-electron chi connectivity index (χ4n) is 1.67. The van der Waals surface area contributed by atoms with E-state index in [2.05, 4.69) is 15.3 Å². The summed E-state index contributed by atoms with van der Waals surface area (Å²) < 4.78 is 4.90. The Morgan fingerprint density at radius 1 is 1.50 bits per heavy atom. The second-order valence-corrected chi connectivity index (χ2v) is 4.18. The number of ether oxygens (including phenoxy) is 1. The lowest BCUT2D eigenvalue weighted by molar-refractivity contribution is 0.0694. The first-order chi connectivity index (χ1) is 8.56. The third-order valence-electron chi connectivity index (χ3n) is 2.42. The highest BCUT2D eigenvalue weighted by molar-refractivity contribution is 5.48. The molecule has 6 heteroatoms. The first-order valence-corrected chi connectivity index (χ1v) is 6.04. The summed E-state index contributed by atoms with van der Waals surface area (Å²) in [4.78, 5) is 10.5. The number of anilines is 2. The van der Waals surface area contributed by atoms with E-state index in [-0.39, 0.29) is 0 Å². The van der Waals surface area contributed by atoms with Crippen LogP contribution in [0.25, 0.3) is 0 Å². The van der Waals surface area contributed by atoms with Gasteiger partial charge >= 0.3 is 0 Å². The van der Waals surface area contributed by atoms with Crippen molar-refractivity contribution in [2.24, 2.45) is 0 Å². The average Bonchev–Trinajstić information content (AvgIpc) is 2.28. The molecule has 0 bridgehead atoms. The van der Waals surface area contributed by atoms with Crippen molar-refractivity contribution in [3.8, 4) is 0 Å². The van der Waals surface area contributed by atoms with Crippen molar-refractivity contribution in [2.45, 2.75) is 20.0 Å². The van der Waals surface area contributed by atoms with Gasteiger partial charge < -0.3 is 20.1 Å². The molecule has 0 amide bonds. The lowest BCUT2D eigenvalue weighted by atomic mass is 10.3. The molecule has 0 aromatic carbocycles. The van der Waals surface area contributed by atoms with Gasteiger partial charge in [-0.3, -0.25) is 0 Å². The summed E-state index contributed by atoms with van der Waals surface area (Å²) >= 11 is 0. The summed E-state index contributed by atoms with van der Waals surface area (Å²) in [6, 6.07) is 1.87. The van der Waals surface area contributed by atoms with Gasteiger partial charge in [-0.05, 0) is 13.8 Å². The van der Waals surface area contributed by atoms with Crippen LogP contribution in [0.5, 0.6) is 0 Å². The van der Waals surface area contributed by atoms with Gasteiger partial charge in [-0.15, -0.1) is 0 Å². The smallest absolute Gasteiger partial charge is 0.134 e. The zero-order valence-electron chi connectivity index (χ0n) is 11.5. The fraction of sp³-hybridized carbons (Fsp3) is 0.667. The highest BCUT2D eigenvalue weighted by atomic mass is 16.5. The van der Waals surface area contributed by atoms with Gasteiger partial charge in [-0.2, -0.15) is 0 Å². The zero-order valence-corrected chi connectivity index (χ0v) is 11.5. The maximum Gasteiger partial charge on any atom is 0.134 e. The number of methoxy groups -OCH3 is 1. The molecule has 0 radical (unpaired) electrons. The topological polar surface area (TPSA) is 70.5 Å². The van der Waals surface area contributed by atoms with E-state index >= 15 is 0 Å². The Morgan fingerprint density at radius 2 is 2.22 bits per heavy atom. The number of hydrogen-bond donors (Lipinski definition) is 2. The molecule has 0 fully saturated rings. The Balaban J connectivity index is 2.74. The summed E-state index contributed by atoms with van der Waals surface area (Å²) in [7, 11) is 3.46. The highest BCUT2D eigenvalue weighted by Crippen LogP contribution is 2.14. The molecule has 1 rings (SSSR count). The Bertz CT molecular complexity index is 373. The van der Waals surface area contributed by atoms with Crippen molar-refractivity contribution < 1.29 is 9.84 Å². The molecule has 0 saturated carbocycles. The van der Waals surface area contributed by atoms with Crippen LogP contribution in [0, 0.1) is 6.92 Å². The number of aryl methyl sites for hydroxylation is 1. The minimum atomic E-state index is -0.530. The van der Waals surface area contributed by atoms with Crippen LogP contribution in [0.3, 0.4) is 0 Å². The molecule has 1 atom stereocenters. The van der Waals surface area contributed by atoms with Crippen molar-refractivity contribution in [3.05, 3.63) is 11.9 Å². The van der Waals surface area contributed by atoms with Gasteiger partial charge in [0.2, 0.25) is 0 Å². The van der Waals surface area contributed by atoms with Gasteiger partial charge in [-0.25, -0.2) is 9.97 Å². The minimum absolute atomic E-state index is 0.314. The van der Waals surface area contributed by atoms with E-state index in [0.29, 0.717) is 19.0 Å². The molecule has 0 aliphatic rings. The monoisotopic (exact) mass is 254 g/mol. The van der Waals surface area contributed by atoms with Gasteiger partial charge in [0, 0.05) is 33.3 Å². The van der Waals surface area contributed by atoms with E-state index < -0.39 is 6.10 Å². The number of hydrogen-bond acceptors (Lipinski definition) is 6. The molecule has 0 saturated heterocycles. The molecular weight excluding hydrogens is 232 g/mol. The van der Waals surface area contributed by atoms with E-state index in [9.17, 15) is 5.11 Å². The quantitative estimate of drug-likeness (QED) is 0.745. The first-order valence-electron chi connectivity index (χ1n) is 6.04. The van der Waals surface area contributed by atoms with Crippen LogP contribution < -0.4 is 10.2 Å². The minimum Gasteiger partial charge on any atom is -0.389 e. The molecule has 6 nitrogen and oxygen atoms in total. The van der Waals surface area contributed by atoms with Crippen molar-refractivity contribution in [1.29, 1.82) is 0 Å².